The van der Waals surface area contributed by atoms with Crippen LogP contribution in [-0.4, -0.2) is 145 Å². The van der Waals surface area contributed by atoms with Gasteiger partial charge in [-0.3, -0.25) is 19.2 Å². The van der Waals surface area contributed by atoms with E-state index in [0.717, 1.165) is 125 Å². The van der Waals surface area contributed by atoms with E-state index in [1.807, 2.05) is 141 Å². The summed E-state index contributed by atoms with van der Waals surface area (Å²) in [6, 6.07) is 38.9. The molecular weight excluding hydrogens is 1460 g/mol. The van der Waals surface area contributed by atoms with Gasteiger partial charge in [0.2, 0.25) is 23.6 Å². The maximum absolute atomic E-state index is 13.9. The number of nitrogens with zero attached hydrogens (tertiary/aromatic N) is 4. The molecule has 0 aliphatic carbocycles. The largest absolute Gasteiger partial charge is 0.342 e. The second-order valence-electron chi connectivity index (χ2n) is 35.8. The summed E-state index contributed by atoms with van der Waals surface area (Å²) in [6.07, 6.45) is 31.3. The molecule has 0 radical (unpaired) electrons. The Morgan fingerprint density at radius 3 is 0.491 bits per heavy atom. The Balaban J connectivity index is 0.000000747. The lowest BCUT2D eigenvalue weighted by Crippen LogP contribution is -2.39. The third kappa shape index (κ3) is 47.8. The van der Waals surface area contributed by atoms with Gasteiger partial charge in [0.25, 0.3) is 0 Å². The minimum Gasteiger partial charge on any atom is -0.342 e. The van der Waals surface area contributed by atoms with Crippen LogP contribution in [-0.2, 0) is 37.4 Å². The second-order valence-corrected chi connectivity index (χ2v) is 48.1. The number of carbonyl (C=O) groups excluding carboxylic acids is 4. The Morgan fingerprint density at radius 2 is 0.357 bits per heavy atom. The first-order chi connectivity index (χ1) is 53.1. The van der Waals surface area contributed by atoms with Crippen molar-refractivity contribution < 1.29 is 37.4 Å². The highest BCUT2D eigenvalue weighted by atomic mass is 31.2. The summed E-state index contributed by atoms with van der Waals surface area (Å²) in [5, 5.41) is 3.47. The molecule has 0 saturated heterocycles. The molecule has 4 atom stereocenters. The summed E-state index contributed by atoms with van der Waals surface area (Å²) in [7, 11) is -10.9. The lowest BCUT2D eigenvalue weighted by Gasteiger charge is -2.28. The van der Waals surface area contributed by atoms with Crippen LogP contribution in [0.3, 0.4) is 0 Å². The molecule has 0 aliphatic rings. The number of hydrogen-bond donors (Lipinski definition) is 0. The molecule has 12 nitrogen and oxygen atoms in total. The van der Waals surface area contributed by atoms with Crippen molar-refractivity contribution in [3.05, 3.63) is 121 Å². The zero-order valence-electron chi connectivity index (χ0n) is 75.3. The quantitative estimate of drug-likeness (QED) is 0.0313. The van der Waals surface area contributed by atoms with E-state index >= 15 is 0 Å². The Hall–Kier alpha value is -4.32. The third-order valence-corrected chi connectivity index (χ3v) is 32.3. The second kappa shape index (κ2) is 61.1. The molecule has 16 heteroatoms. The minimum atomic E-state index is -2.72. The van der Waals surface area contributed by atoms with E-state index in [-0.39, 0.29) is 48.3 Å². The Labute approximate surface area is 689 Å². The van der Waals surface area contributed by atoms with Gasteiger partial charge in [-0.15, -0.1) is 0 Å². The van der Waals surface area contributed by atoms with Crippen molar-refractivity contribution in [2.24, 2.45) is 47.3 Å². The summed E-state index contributed by atoms with van der Waals surface area (Å²) in [5.41, 5.74) is 0. The van der Waals surface area contributed by atoms with Crippen LogP contribution < -0.4 is 21.2 Å². The summed E-state index contributed by atoms with van der Waals surface area (Å²) >= 11 is 0. The number of amides is 4. The molecule has 112 heavy (non-hydrogen) atoms. The van der Waals surface area contributed by atoms with Crippen LogP contribution in [0.1, 0.15) is 293 Å². The highest BCUT2D eigenvalue weighted by Crippen LogP contribution is 2.49. The van der Waals surface area contributed by atoms with Crippen molar-refractivity contribution in [1.82, 2.24) is 19.6 Å². The Kier molecular flexibility index (Phi) is 57.6. The summed E-state index contributed by atoms with van der Waals surface area (Å²) in [4.78, 5) is 60.3. The Bertz CT molecular complexity index is 2780. The fourth-order valence-electron chi connectivity index (χ4n) is 14.5. The molecule has 4 amide bonds. The molecule has 0 N–H and O–H groups in total. The molecule has 0 unspecified atom stereocenters. The van der Waals surface area contributed by atoms with E-state index in [2.05, 4.69) is 138 Å². The number of benzene rings is 4. The van der Waals surface area contributed by atoms with Crippen LogP contribution in [0.5, 0.6) is 0 Å². The molecule has 0 heterocycles. The van der Waals surface area contributed by atoms with Crippen molar-refractivity contribution in [2.75, 3.05) is 102 Å². The molecule has 0 bridgehead atoms. The van der Waals surface area contributed by atoms with Gasteiger partial charge in [0, 0.05) is 98.2 Å². The zero-order chi connectivity index (χ0) is 84.0. The average molecular weight is 1630 g/mol. The van der Waals surface area contributed by atoms with Crippen molar-refractivity contribution in [3.8, 4) is 0 Å². The standard InChI is InChI=1S/4C24H42NO2P/c4*1-6-7-8-9-10-14-17-28(27,23-15-12-11-13-16-23)20-24(26)25(18-21(2)3)19-22(4)5/h4*11-13,15-16,21-22H,6-10,14,17-20H2,1-5H3/t4*28-/m0000/s1. The van der Waals surface area contributed by atoms with E-state index in [4.69, 9.17) is 0 Å². The molecule has 0 aromatic heterocycles. The first-order valence-electron chi connectivity index (χ1n) is 44.8. The zero-order valence-corrected chi connectivity index (χ0v) is 78.9. The van der Waals surface area contributed by atoms with E-state index in [1.165, 1.54) is 103 Å². The van der Waals surface area contributed by atoms with E-state index < -0.39 is 28.6 Å². The smallest absolute Gasteiger partial charge is 0.230 e. The van der Waals surface area contributed by atoms with E-state index in [1.54, 1.807) is 0 Å². The highest BCUT2D eigenvalue weighted by Gasteiger charge is 2.35. The van der Waals surface area contributed by atoms with Crippen LogP contribution in [0.15, 0.2) is 121 Å². The predicted octanol–water partition coefficient (Wildman–Crippen LogP) is 24.7. The normalized spacial score (nSPS) is 13.7. The Morgan fingerprint density at radius 1 is 0.223 bits per heavy atom. The molecule has 640 valence electrons. The van der Waals surface area contributed by atoms with E-state index in [9.17, 15) is 37.4 Å². The molecule has 4 aromatic rings. The first-order valence-corrected chi connectivity index (χ1v) is 53.1. The SMILES string of the molecule is CCCCCCCC[P@](=O)(CC(=O)N(CC(C)C)CC(C)C)c1ccccc1.CCCCCCCC[P@](=O)(CC(=O)N(CC(C)C)CC(C)C)c1ccccc1.CCCCCCCC[P@](=O)(CC(=O)N(CC(C)C)CC(C)C)c1ccccc1.CCCCCCCC[P@](=O)(CC(=O)N(CC(C)C)CC(C)C)c1ccccc1. The van der Waals surface area contributed by atoms with Gasteiger partial charge in [-0.1, -0.05) is 388 Å². The van der Waals surface area contributed by atoms with Gasteiger partial charge in [-0.2, -0.15) is 0 Å². The summed E-state index contributed by atoms with van der Waals surface area (Å²) in [5.74, 6) is 3.54. The van der Waals surface area contributed by atoms with Gasteiger partial charge >= 0.3 is 0 Å². The fraction of sp³-hybridized carbons (Fsp3) is 0.708. The summed E-state index contributed by atoms with van der Waals surface area (Å²) in [6.45, 7) is 48.9. The van der Waals surface area contributed by atoms with Gasteiger partial charge in [0.05, 0.1) is 24.6 Å². The molecular formula is C96H168N4O8P4. The lowest BCUT2D eigenvalue weighted by atomic mass is 10.1. The van der Waals surface area contributed by atoms with Crippen LogP contribution in [0.25, 0.3) is 0 Å². The molecule has 0 saturated carbocycles. The molecule has 0 spiro atoms. The average Bonchev–Trinajstić information content (AvgIpc) is 0.839. The van der Waals surface area contributed by atoms with Gasteiger partial charge in [0.15, 0.2) is 0 Å². The molecule has 4 aromatic carbocycles. The first kappa shape index (κ1) is 106. The maximum Gasteiger partial charge on any atom is 0.230 e. The fourth-order valence-corrected chi connectivity index (χ4v) is 25.2. The van der Waals surface area contributed by atoms with Crippen molar-refractivity contribution >= 4 is 73.4 Å². The monoisotopic (exact) mass is 1630 g/mol. The number of unbranched alkanes of at least 4 members (excludes halogenated alkanes) is 20. The predicted molar refractivity (Wildman–Crippen MR) is 492 cm³/mol. The van der Waals surface area contributed by atoms with Crippen LogP contribution >= 0.6 is 28.6 Å². The third-order valence-electron chi connectivity index (χ3n) is 20.1. The molecule has 0 aliphatic heterocycles. The van der Waals surface area contributed by atoms with E-state index in [0.29, 0.717) is 72.0 Å². The van der Waals surface area contributed by atoms with Crippen LogP contribution in [0.2, 0.25) is 0 Å². The van der Waals surface area contributed by atoms with Gasteiger partial charge in [-0.05, 0) is 73.0 Å². The number of rotatable bonds is 56. The van der Waals surface area contributed by atoms with Crippen LogP contribution in [0, 0.1) is 47.3 Å². The maximum atomic E-state index is 13.9. The van der Waals surface area contributed by atoms with Crippen molar-refractivity contribution in [1.29, 1.82) is 0 Å². The minimum absolute atomic E-state index is 0.0561. The topological polar surface area (TPSA) is 150 Å². The van der Waals surface area contributed by atoms with Gasteiger partial charge in [-0.25, -0.2) is 0 Å². The highest BCUT2D eigenvalue weighted by molar-refractivity contribution is 7.73. The molecule has 0 fully saturated rings. The summed E-state index contributed by atoms with van der Waals surface area (Å²) < 4.78 is 55.8. The van der Waals surface area contributed by atoms with Crippen LogP contribution in [0.4, 0.5) is 0 Å². The molecule has 4 rings (SSSR count). The van der Waals surface area contributed by atoms with Gasteiger partial charge < -0.3 is 37.9 Å². The van der Waals surface area contributed by atoms with Crippen molar-refractivity contribution in [3.63, 3.8) is 0 Å². The van der Waals surface area contributed by atoms with Gasteiger partial charge in [0.1, 0.15) is 28.6 Å². The lowest BCUT2D eigenvalue weighted by molar-refractivity contribution is -0.130. The number of carbonyl (C=O) groups is 4. The van der Waals surface area contributed by atoms with Crippen molar-refractivity contribution in [2.45, 2.75) is 293 Å². The number of hydrogen-bond acceptors (Lipinski definition) is 8.